The van der Waals surface area contributed by atoms with E-state index in [4.69, 9.17) is 9.41 Å². The Labute approximate surface area is 299 Å². The molecule has 0 aliphatic rings. The van der Waals surface area contributed by atoms with Gasteiger partial charge >= 0.3 is 0 Å². The average Bonchev–Trinajstić information content (AvgIpc) is 3.70. The molecule has 256 valence electrons. The number of aromatic nitrogens is 1. The van der Waals surface area contributed by atoms with Crippen molar-refractivity contribution in [1.29, 1.82) is 0 Å². The van der Waals surface area contributed by atoms with Gasteiger partial charge in [-0.2, -0.15) is 0 Å². The van der Waals surface area contributed by atoms with E-state index in [1.165, 1.54) is 0 Å². The number of benzene rings is 4. The first kappa shape index (κ1) is 38.8. The molecule has 0 spiro atoms. The van der Waals surface area contributed by atoms with Crippen molar-refractivity contribution in [3.8, 4) is 0 Å². The van der Waals surface area contributed by atoms with Crippen molar-refractivity contribution in [2.45, 2.75) is 55.4 Å². The van der Waals surface area contributed by atoms with E-state index in [-0.39, 0.29) is 0 Å². The van der Waals surface area contributed by atoms with Gasteiger partial charge in [0, 0.05) is 38.4 Å². The van der Waals surface area contributed by atoms with Crippen LogP contribution >= 0.6 is 0 Å². The number of hydrogen-bond acceptors (Lipinski definition) is 2. The van der Waals surface area contributed by atoms with E-state index in [1.54, 1.807) is 0 Å². The monoisotopic (exact) mass is 660 g/mol. The Bertz CT molecular complexity index is 2240. The van der Waals surface area contributed by atoms with Crippen molar-refractivity contribution < 1.29 is 4.42 Å². The minimum Gasteiger partial charge on any atom is -0.455 e. The molecule has 6 rings (SSSR count). The molecule has 0 aliphatic carbocycles. The molecule has 0 saturated heterocycles. The number of rotatable bonds is 8. The molecule has 0 atom stereocenters. The second-order valence-corrected chi connectivity index (χ2v) is 11.0. The maximum absolute atomic E-state index is 6.45. The summed E-state index contributed by atoms with van der Waals surface area (Å²) < 4.78 is 8.63. The molecule has 0 unspecified atom stereocenters. The van der Waals surface area contributed by atoms with E-state index in [2.05, 4.69) is 91.6 Å². The first-order valence-electron chi connectivity index (χ1n) is 17.4. The fraction of sp³-hybridized carbons (Fsp3) is 0.170. The smallest absolute Gasteiger partial charge is 0.144 e. The third-order valence-electron chi connectivity index (χ3n) is 7.97. The highest BCUT2D eigenvalue weighted by molar-refractivity contribution is 6.30. The predicted octanol–water partition coefficient (Wildman–Crippen LogP) is 14.6. The van der Waals surface area contributed by atoms with E-state index >= 15 is 0 Å². The zero-order chi connectivity index (χ0) is 36.8. The largest absolute Gasteiger partial charge is 0.455 e. The zero-order valence-electron chi connectivity index (χ0n) is 31.2. The molecule has 0 aliphatic heterocycles. The van der Waals surface area contributed by atoms with Crippen molar-refractivity contribution in [3.63, 3.8) is 0 Å². The van der Waals surface area contributed by atoms with Gasteiger partial charge < -0.3 is 4.42 Å². The fourth-order valence-corrected chi connectivity index (χ4v) is 5.86. The summed E-state index contributed by atoms with van der Waals surface area (Å²) in [6.07, 6.45) is 13.8. The number of hydrogen-bond donors (Lipinski definition) is 0. The lowest BCUT2D eigenvalue weighted by molar-refractivity contribution is 0.668. The first-order valence-corrected chi connectivity index (χ1v) is 17.4. The van der Waals surface area contributed by atoms with Crippen LogP contribution in [0.2, 0.25) is 0 Å². The molecular weight excluding hydrogens is 609 g/mol. The highest BCUT2D eigenvalue weighted by Gasteiger charge is 2.24. The van der Waals surface area contributed by atoms with Crippen LogP contribution in [0.25, 0.3) is 61.7 Å². The van der Waals surface area contributed by atoms with Gasteiger partial charge in [-0.15, -0.1) is 0 Å². The quantitative estimate of drug-likeness (QED) is 0.118. The molecule has 50 heavy (non-hydrogen) atoms. The highest BCUT2D eigenvalue weighted by atomic mass is 16.3. The Morgan fingerprint density at radius 1 is 0.740 bits per heavy atom. The Morgan fingerprint density at radius 2 is 1.36 bits per heavy atom. The molecule has 3 nitrogen and oxygen atoms in total. The van der Waals surface area contributed by atoms with Crippen molar-refractivity contribution in [2.75, 3.05) is 0 Å². The summed E-state index contributed by atoms with van der Waals surface area (Å²) in [5.74, 6) is 0.662. The van der Waals surface area contributed by atoms with Crippen LogP contribution in [0.1, 0.15) is 72.1 Å². The van der Waals surface area contributed by atoms with Gasteiger partial charge in [0.15, 0.2) is 0 Å². The Hall–Kier alpha value is -5.67. The van der Waals surface area contributed by atoms with Gasteiger partial charge in [0.25, 0.3) is 0 Å². The molecule has 0 saturated carbocycles. The molecule has 0 fully saturated rings. The molecule has 0 amide bonds. The standard InChI is InChI=1S/C33H26N2O.C10H14.2C2H6/c1-5-14-25-24(6-2)33-31(27-18-11-13-20-29(27)36-33)30-26-17-10-12-19-28(26)35(32(25)30)22(4)34-21(3)23-15-8-7-9-16-23;1-5-7-8-10(6-2)9(3)4;2*1-2/h5-20H,2,4H2,1,3H3;5-8H,2-3H2,1,4H3;2*1-2H3/b14-5-,34-21+;7-5-,10-8+;;. The zero-order valence-corrected chi connectivity index (χ0v) is 31.2. The lowest BCUT2D eigenvalue weighted by atomic mass is 9.96. The maximum atomic E-state index is 6.45. The average molecular weight is 661 g/mol. The first-order chi connectivity index (χ1) is 24.4. The van der Waals surface area contributed by atoms with E-state index in [1.807, 2.05) is 116 Å². The molecule has 2 aromatic heterocycles. The maximum Gasteiger partial charge on any atom is 0.144 e. The van der Waals surface area contributed by atoms with E-state index in [9.17, 15) is 0 Å². The minimum atomic E-state index is 0.662. The molecule has 0 bridgehead atoms. The highest BCUT2D eigenvalue weighted by Crippen LogP contribution is 2.45. The number of fused-ring (bicyclic) bond motifs is 7. The molecular formula is C47H52N2O. The van der Waals surface area contributed by atoms with Gasteiger partial charge in [0.05, 0.1) is 11.0 Å². The van der Waals surface area contributed by atoms with Gasteiger partial charge in [-0.3, -0.25) is 4.57 Å². The number of allylic oxidation sites excluding steroid dienone is 7. The Kier molecular flexibility index (Phi) is 14.5. The Morgan fingerprint density at radius 3 is 1.96 bits per heavy atom. The second kappa shape index (κ2) is 18.8. The molecule has 0 radical (unpaired) electrons. The third-order valence-corrected chi connectivity index (χ3v) is 7.97. The van der Waals surface area contributed by atoms with Crippen LogP contribution in [-0.4, -0.2) is 10.3 Å². The summed E-state index contributed by atoms with van der Waals surface area (Å²) in [7, 11) is 0. The lowest BCUT2D eigenvalue weighted by Crippen LogP contribution is -2.01. The summed E-state index contributed by atoms with van der Waals surface area (Å²) in [5.41, 5.74) is 9.96. The topological polar surface area (TPSA) is 30.4 Å². The van der Waals surface area contributed by atoms with Crippen molar-refractivity contribution in [2.24, 2.45) is 4.99 Å². The van der Waals surface area contributed by atoms with Gasteiger partial charge in [-0.25, -0.2) is 4.99 Å². The predicted molar refractivity (Wildman–Crippen MR) is 226 cm³/mol. The summed E-state index contributed by atoms with van der Waals surface area (Å²) >= 11 is 0. The van der Waals surface area contributed by atoms with E-state index in [0.717, 1.165) is 77.3 Å². The molecule has 3 heteroatoms. The van der Waals surface area contributed by atoms with Crippen molar-refractivity contribution >= 4 is 67.4 Å². The third kappa shape index (κ3) is 7.96. The van der Waals surface area contributed by atoms with Crippen LogP contribution in [0.4, 0.5) is 0 Å². The minimum absolute atomic E-state index is 0.662. The summed E-state index contributed by atoms with van der Waals surface area (Å²) in [5, 5.41) is 4.46. The normalized spacial score (nSPS) is 11.6. The van der Waals surface area contributed by atoms with Crippen LogP contribution in [0.5, 0.6) is 0 Å². The van der Waals surface area contributed by atoms with Crippen molar-refractivity contribution in [3.05, 3.63) is 163 Å². The molecule has 0 N–H and O–H groups in total. The van der Waals surface area contributed by atoms with E-state index < -0.39 is 0 Å². The van der Waals surface area contributed by atoms with Gasteiger partial charge in [-0.1, -0.05) is 169 Å². The molecule has 4 aromatic carbocycles. The van der Waals surface area contributed by atoms with Gasteiger partial charge in [0.1, 0.15) is 17.0 Å². The fourth-order valence-electron chi connectivity index (χ4n) is 5.86. The SMILES string of the molecule is C=C/C(=C\C=C/C)C(=C)C.C=Cc1c(/C=C\C)c2c(c3ccccc3n2C(=C)/N=C(\C)c2ccccc2)c2c1oc1ccccc12.CC.CC. The van der Waals surface area contributed by atoms with E-state index in [0.29, 0.717) is 5.82 Å². The van der Waals surface area contributed by atoms with Gasteiger partial charge in [-0.05, 0) is 51.0 Å². The summed E-state index contributed by atoms with van der Waals surface area (Å²) in [4.78, 5) is 4.99. The number of furan rings is 1. The summed E-state index contributed by atoms with van der Waals surface area (Å²) in [6.45, 7) is 32.1. The molecule has 6 aromatic rings. The van der Waals surface area contributed by atoms with Crippen LogP contribution in [0.3, 0.4) is 0 Å². The van der Waals surface area contributed by atoms with Crippen LogP contribution in [-0.2, 0) is 0 Å². The lowest BCUT2D eigenvalue weighted by Gasteiger charge is -2.13. The Balaban J connectivity index is 0.000000415. The van der Waals surface area contributed by atoms with Crippen LogP contribution in [0.15, 0.2) is 156 Å². The number of para-hydroxylation sites is 2. The number of nitrogens with zero attached hydrogens (tertiary/aromatic N) is 2. The van der Waals surface area contributed by atoms with Crippen molar-refractivity contribution in [1.82, 2.24) is 4.57 Å². The van der Waals surface area contributed by atoms with Gasteiger partial charge in [0.2, 0.25) is 0 Å². The second-order valence-electron chi connectivity index (χ2n) is 11.0. The molecule has 2 heterocycles. The summed E-state index contributed by atoms with van der Waals surface area (Å²) in [6, 6.07) is 26.9. The number of aliphatic imine (C=N–C) groups is 1. The van der Waals surface area contributed by atoms with Crippen LogP contribution < -0.4 is 0 Å². The van der Waals surface area contributed by atoms with Crippen LogP contribution in [0, 0.1) is 0 Å².